The molecule has 0 radical (unpaired) electrons. The van der Waals surface area contributed by atoms with E-state index >= 15 is 0 Å². The Balaban J connectivity index is 1.62. The highest BCUT2D eigenvalue weighted by atomic mass is 14.2. The van der Waals surface area contributed by atoms with Crippen molar-refractivity contribution < 1.29 is 0 Å². The first-order chi connectivity index (χ1) is 16.9. The molecule has 0 N–H and O–H groups in total. The molecule has 162 valence electrons. The van der Waals surface area contributed by atoms with Crippen LogP contribution in [0.3, 0.4) is 0 Å². The Bertz CT molecular complexity index is 1780. The largest absolute Gasteiger partial charge is 0.0763 e. The molecule has 7 rings (SSSR count). The van der Waals surface area contributed by atoms with Crippen LogP contribution < -0.4 is 20.9 Å². The maximum absolute atomic E-state index is 2.49. The van der Waals surface area contributed by atoms with Gasteiger partial charge in [-0.25, -0.2) is 0 Å². The van der Waals surface area contributed by atoms with Gasteiger partial charge < -0.3 is 0 Å². The van der Waals surface area contributed by atoms with Crippen molar-refractivity contribution in [1.82, 2.24) is 0 Å². The minimum Gasteiger partial charge on any atom is -0.0763 e. The molecule has 1 unspecified atom stereocenters. The third kappa shape index (κ3) is 2.99. The van der Waals surface area contributed by atoms with E-state index in [9.17, 15) is 0 Å². The average Bonchev–Trinajstić information content (AvgIpc) is 2.91. The van der Waals surface area contributed by atoms with Crippen molar-refractivity contribution in [3.8, 4) is 0 Å². The Morgan fingerprint density at radius 3 is 1.85 bits per heavy atom. The van der Waals surface area contributed by atoms with Gasteiger partial charge >= 0.3 is 0 Å². The fraction of sp³-hybridized carbons (Fsp3) is 0.118. The average molecular weight is 435 g/mol. The topological polar surface area (TPSA) is 0 Å². The van der Waals surface area contributed by atoms with Crippen molar-refractivity contribution in [3.05, 3.63) is 129 Å². The van der Waals surface area contributed by atoms with Crippen LogP contribution in [0.4, 0.5) is 0 Å². The fourth-order valence-electron chi connectivity index (χ4n) is 6.19. The Morgan fingerprint density at radius 1 is 0.529 bits per heavy atom. The van der Waals surface area contributed by atoms with Crippen molar-refractivity contribution in [2.24, 2.45) is 0 Å². The summed E-state index contributed by atoms with van der Waals surface area (Å²) in [5.41, 5.74) is 4.38. The molecule has 34 heavy (non-hydrogen) atoms. The van der Waals surface area contributed by atoms with Gasteiger partial charge in [0, 0.05) is 5.92 Å². The zero-order valence-corrected chi connectivity index (χ0v) is 19.2. The molecule has 5 aromatic rings. The molecule has 0 bridgehead atoms. The van der Waals surface area contributed by atoms with E-state index in [-0.39, 0.29) is 0 Å². The second-order valence-electron chi connectivity index (χ2n) is 9.53. The van der Waals surface area contributed by atoms with Crippen LogP contribution in [0, 0.1) is 0 Å². The molecule has 0 aliphatic heterocycles. The summed E-state index contributed by atoms with van der Waals surface area (Å²) in [5.74, 6) is 0.371. The van der Waals surface area contributed by atoms with Gasteiger partial charge in [0.15, 0.2) is 0 Å². The molecule has 0 nitrogen and oxygen atoms in total. The van der Waals surface area contributed by atoms with Crippen molar-refractivity contribution in [2.45, 2.75) is 25.2 Å². The summed E-state index contributed by atoms with van der Waals surface area (Å²) >= 11 is 0. The molecule has 2 aliphatic carbocycles. The van der Waals surface area contributed by atoms with Crippen LogP contribution in [0.15, 0.2) is 97.1 Å². The summed E-state index contributed by atoms with van der Waals surface area (Å²) in [5, 5.41) is 11.0. The molecule has 0 aromatic heterocycles. The van der Waals surface area contributed by atoms with Crippen LogP contribution >= 0.6 is 0 Å². The van der Waals surface area contributed by atoms with E-state index in [2.05, 4.69) is 115 Å². The highest BCUT2D eigenvalue weighted by molar-refractivity contribution is 6.12. The quantitative estimate of drug-likeness (QED) is 0.321. The third-order valence-electron chi connectivity index (χ3n) is 7.66. The lowest BCUT2D eigenvalue weighted by atomic mass is 9.79. The van der Waals surface area contributed by atoms with Crippen molar-refractivity contribution in [1.29, 1.82) is 0 Å². The maximum Gasteiger partial charge on any atom is 0.00743 e. The minimum atomic E-state index is 0.371. The van der Waals surface area contributed by atoms with Crippen LogP contribution in [-0.2, 0) is 0 Å². The van der Waals surface area contributed by atoms with Gasteiger partial charge in [0.1, 0.15) is 0 Å². The number of hydrogen-bond acceptors (Lipinski definition) is 0. The molecule has 0 saturated carbocycles. The number of fused-ring (bicyclic) bond motifs is 4. The maximum atomic E-state index is 2.49. The third-order valence-corrected chi connectivity index (χ3v) is 7.66. The Labute approximate surface area is 199 Å². The van der Waals surface area contributed by atoms with Crippen LogP contribution in [0.2, 0.25) is 0 Å². The summed E-state index contributed by atoms with van der Waals surface area (Å²) in [6.45, 7) is 0. The molecule has 0 saturated heterocycles. The van der Waals surface area contributed by atoms with Crippen LogP contribution in [0.5, 0.6) is 0 Å². The van der Waals surface area contributed by atoms with E-state index in [0.29, 0.717) is 5.92 Å². The predicted octanol–water partition coefficient (Wildman–Crippen LogP) is 5.51. The van der Waals surface area contributed by atoms with Gasteiger partial charge in [0.2, 0.25) is 0 Å². The van der Waals surface area contributed by atoms with Crippen LogP contribution in [0.25, 0.3) is 45.3 Å². The number of benzene rings is 5. The molecule has 1 atom stereocenters. The van der Waals surface area contributed by atoms with Crippen molar-refractivity contribution in [3.63, 3.8) is 0 Å². The minimum absolute atomic E-state index is 0.371. The SMILES string of the molecule is C1=c2ccccc2=CC(c2c3ccccc3c(C3=c4ccccc4=CCC3)c3ccccc23)C1. The number of rotatable bonds is 2. The molecule has 0 heteroatoms. The molecular weight excluding hydrogens is 408 g/mol. The predicted molar refractivity (Wildman–Crippen MR) is 145 cm³/mol. The zero-order valence-electron chi connectivity index (χ0n) is 19.2. The van der Waals surface area contributed by atoms with E-state index < -0.39 is 0 Å². The molecule has 0 spiro atoms. The lowest BCUT2D eigenvalue weighted by Gasteiger charge is -2.24. The first-order valence-electron chi connectivity index (χ1n) is 12.4. The van der Waals surface area contributed by atoms with Gasteiger partial charge in [-0.1, -0.05) is 115 Å². The van der Waals surface area contributed by atoms with Gasteiger partial charge in [-0.05, 0) is 78.4 Å². The van der Waals surface area contributed by atoms with E-state index in [1.54, 1.807) is 0 Å². The zero-order chi connectivity index (χ0) is 22.5. The van der Waals surface area contributed by atoms with Crippen molar-refractivity contribution in [2.75, 3.05) is 0 Å². The second-order valence-corrected chi connectivity index (χ2v) is 9.53. The van der Waals surface area contributed by atoms with E-state index in [1.165, 1.54) is 59.1 Å². The summed E-state index contributed by atoms with van der Waals surface area (Å²) in [7, 11) is 0. The Morgan fingerprint density at radius 2 is 1.12 bits per heavy atom. The summed E-state index contributed by atoms with van der Waals surface area (Å²) in [6, 6.07) is 35.9. The fourth-order valence-corrected chi connectivity index (χ4v) is 6.19. The Hall–Kier alpha value is -3.90. The van der Waals surface area contributed by atoms with Crippen molar-refractivity contribution >= 4 is 45.3 Å². The van der Waals surface area contributed by atoms with Gasteiger partial charge in [0.25, 0.3) is 0 Å². The van der Waals surface area contributed by atoms with Crippen LogP contribution in [-0.4, -0.2) is 0 Å². The number of hydrogen-bond donors (Lipinski definition) is 0. The second kappa shape index (κ2) is 7.85. The molecule has 0 amide bonds. The summed E-state index contributed by atoms with van der Waals surface area (Å²) < 4.78 is 0. The molecular formula is C34H26. The lowest BCUT2D eigenvalue weighted by molar-refractivity contribution is 0.939. The standard InChI is InChI=1S/C34H26/c1-2-12-25-22-26(21-20-23(25)10-1)33-29-15-5-7-17-31(29)34(32-18-8-6-16-30(32)33)28-19-9-13-24-11-3-4-14-27(24)28/h1-8,10-18,20,22,26H,9,19,21H2. The molecule has 2 aliphatic rings. The van der Waals surface area contributed by atoms with E-state index in [1.807, 2.05) is 0 Å². The van der Waals surface area contributed by atoms with E-state index in [0.717, 1.165) is 19.3 Å². The van der Waals surface area contributed by atoms with Gasteiger partial charge in [-0.3, -0.25) is 0 Å². The van der Waals surface area contributed by atoms with Gasteiger partial charge in [0.05, 0.1) is 0 Å². The Kier molecular flexibility index (Phi) is 4.52. The first kappa shape index (κ1) is 19.6. The molecule has 0 fully saturated rings. The summed E-state index contributed by atoms with van der Waals surface area (Å²) in [4.78, 5) is 0. The smallest absolute Gasteiger partial charge is 0.00743 e. The summed E-state index contributed by atoms with van der Waals surface area (Å²) in [6.07, 6.45) is 10.5. The normalized spacial score (nSPS) is 16.8. The monoisotopic (exact) mass is 434 g/mol. The first-order valence-corrected chi connectivity index (χ1v) is 12.4. The van der Waals surface area contributed by atoms with E-state index in [4.69, 9.17) is 0 Å². The molecule has 0 heterocycles. The highest BCUT2D eigenvalue weighted by Gasteiger charge is 2.22. The van der Waals surface area contributed by atoms with Gasteiger partial charge in [-0.15, -0.1) is 0 Å². The highest BCUT2D eigenvalue weighted by Crippen LogP contribution is 2.42. The molecule has 5 aromatic carbocycles. The lowest BCUT2D eigenvalue weighted by Crippen LogP contribution is -2.29. The van der Waals surface area contributed by atoms with Gasteiger partial charge in [-0.2, -0.15) is 0 Å². The van der Waals surface area contributed by atoms with Crippen LogP contribution in [0.1, 0.15) is 36.3 Å².